The fourth-order valence-corrected chi connectivity index (χ4v) is 2.65. The van der Waals surface area contributed by atoms with Crippen LogP contribution in [0, 0.1) is 0 Å². The van der Waals surface area contributed by atoms with Crippen LogP contribution in [0.25, 0.3) is 0 Å². The molecule has 8 heteroatoms. The van der Waals surface area contributed by atoms with E-state index >= 15 is 0 Å². The van der Waals surface area contributed by atoms with Crippen molar-refractivity contribution in [3.8, 4) is 11.5 Å². The van der Waals surface area contributed by atoms with Crippen molar-refractivity contribution in [2.75, 3.05) is 26.4 Å². The summed E-state index contributed by atoms with van der Waals surface area (Å²) in [4.78, 5) is 12.2. The molecular formula is C15H22N2O5S. The Balaban J connectivity index is 1.82. The SMILES string of the molecule is C[C@H]1Oc2ccccc2O[C@@H]1C(=O)NCCCN(C)S(C)(=O)=O. The molecule has 7 nitrogen and oxygen atoms in total. The number of ether oxygens (including phenoxy) is 2. The van der Waals surface area contributed by atoms with Gasteiger partial charge < -0.3 is 14.8 Å². The van der Waals surface area contributed by atoms with Crippen LogP contribution in [0.5, 0.6) is 11.5 Å². The number of fused-ring (bicyclic) bond motifs is 1. The van der Waals surface area contributed by atoms with E-state index in [9.17, 15) is 13.2 Å². The average Bonchev–Trinajstić information content (AvgIpc) is 2.49. The third kappa shape index (κ3) is 4.59. The minimum atomic E-state index is -3.19. The Labute approximate surface area is 136 Å². The zero-order chi connectivity index (χ0) is 17.0. The molecule has 1 N–H and O–H groups in total. The van der Waals surface area contributed by atoms with E-state index in [2.05, 4.69) is 5.32 Å². The molecule has 1 heterocycles. The van der Waals surface area contributed by atoms with Crippen LogP contribution >= 0.6 is 0 Å². The summed E-state index contributed by atoms with van der Waals surface area (Å²) < 4.78 is 35.2. The van der Waals surface area contributed by atoms with Crippen LogP contribution in [0.1, 0.15) is 13.3 Å². The van der Waals surface area contributed by atoms with Gasteiger partial charge in [0.05, 0.1) is 6.26 Å². The van der Waals surface area contributed by atoms with Gasteiger partial charge in [-0.25, -0.2) is 12.7 Å². The number of hydrogen-bond acceptors (Lipinski definition) is 5. The van der Waals surface area contributed by atoms with Gasteiger partial charge in [-0.05, 0) is 25.5 Å². The highest BCUT2D eigenvalue weighted by Gasteiger charge is 2.33. The van der Waals surface area contributed by atoms with Crippen LogP contribution < -0.4 is 14.8 Å². The maximum atomic E-state index is 12.2. The Morgan fingerprint density at radius 2 is 1.87 bits per heavy atom. The van der Waals surface area contributed by atoms with Gasteiger partial charge in [-0.15, -0.1) is 0 Å². The predicted octanol–water partition coefficient (Wildman–Crippen LogP) is 0.613. The van der Waals surface area contributed by atoms with Gasteiger partial charge in [-0.3, -0.25) is 4.79 Å². The van der Waals surface area contributed by atoms with Crippen molar-refractivity contribution in [1.29, 1.82) is 0 Å². The van der Waals surface area contributed by atoms with Crippen LogP contribution in [0.15, 0.2) is 24.3 Å². The molecule has 1 aliphatic heterocycles. The molecule has 23 heavy (non-hydrogen) atoms. The first kappa shape index (κ1) is 17.6. The fourth-order valence-electron chi connectivity index (χ4n) is 2.19. The minimum Gasteiger partial charge on any atom is -0.482 e. The molecular weight excluding hydrogens is 320 g/mol. The Morgan fingerprint density at radius 1 is 1.26 bits per heavy atom. The molecule has 0 spiro atoms. The smallest absolute Gasteiger partial charge is 0.265 e. The predicted molar refractivity (Wildman–Crippen MR) is 86.0 cm³/mol. The summed E-state index contributed by atoms with van der Waals surface area (Å²) in [7, 11) is -1.68. The molecule has 0 aromatic heterocycles. The average molecular weight is 342 g/mol. The molecule has 0 saturated carbocycles. The topological polar surface area (TPSA) is 84.9 Å². The van der Waals surface area contributed by atoms with Crippen molar-refractivity contribution < 1.29 is 22.7 Å². The zero-order valence-electron chi connectivity index (χ0n) is 13.5. The molecule has 1 aliphatic rings. The largest absolute Gasteiger partial charge is 0.482 e. The summed E-state index contributed by atoms with van der Waals surface area (Å²) in [6, 6.07) is 7.20. The highest BCUT2D eigenvalue weighted by atomic mass is 32.2. The molecule has 1 amide bonds. The number of hydrogen-bond donors (Lipinski definition) is 1. The van der Waals surface area contributed by atoms with E-state index in [-0.39, 0.29) is 5.91 Å². The van der Waals surface area contributed by atoms with Crippen LogP contribution in [-0.2, 0) is 14.8 Å². The number of carbonyl (C=O) groups is 1. The van der Waals surface area contributed by atoms with Gasteiger partial charge in [-0.2, -0.15) is 0 Å². The quantitative estimate of drug-likeness (QED) is 0.766. The third-order valence-electron chi connectivity index (χ3n) is 3.62. The molecule has 0 radical (unpaired) electrons. The van der Waals surface area contributed by atoms with Crippen molar-refractivity contribution in [2.45, 2.75) is 25.6 Å². The number of nitrogens with one attached hydrogen (secondary N) is 1. The third-order valence-corrected chi connectivity index (χ3v) is 4.93. The number of amides is 1. The molecule has 2 atom stereocenters. The normalized spacial score (nSPS) is 20.3. The van der Waals surface area contributed by atoms with Crippen LogP contribution in [0.3, 0.4) is 0 Å². The van der Waals surface area contributed by atoms with Crippen LogP contribution in [0.2, 0.25) is 0 Å². The van der Waals surface area contributed by atoms with E-state index in [1.807, 2.05) is 12.1 Å². The van der Waals surface area contributed by atoms with E-state index in [1.165, 1.54) is 11.4 Å². The van der Waals surface area contributed by atoms with Crippen molar-refractivity contribution >= 4 is 15.9 Å². The number of para-hydroxylation sites is 2. The second kappa shape index (κ2) is 7.18. The molecule has 0 aliphatic carbocycles. The number of sulfonamides is 1. The first-order chi connectivity index (χ1) is 10.8. The molecule has 1 aromatic rings. The lowest BCUT2D eigenvalue weighted by Gasteiger charge is -2.31. The molecule has 128 valence electrons. The second-order valence-electron chi connectivity index (χ2n) is 5.54. The Morgan fingerprint density at radius 3 is 2.48 bits per heavy atom. The summed E-state index contributed by atoms with van der Waals surface area (Å²) in [6.45, 7) is 2.49. The molecule has 0 saturated heterocycles. The van der Waals surface area contributed by atoms with E-state index in [0.717, 1.165) is 6.26 Å². The lowest BCUT2D eigenvalue weighted by Crippen LogP contribution is -2.49. The maximum Gasteiger partial charge on any atom is 0.265 e. The Kier molecular flexibility index (Phi) is 5.48. The minimum absolute atomic E-state index is 0.269. The lowest BCUT2D eigenvalue weighted by atomic mass is 10.1. The zero-order valence-corrected chi connectivity index (χ0v) is 14.3. The van der Waals surface area contributed by atoms with E-state index in [1.54, 1.807) is 19.1 Å². The second-order valence-corrected chi connectivity index (χ2v) is 7.63. The molecule has 0 unspecified atom stereocenters. The van der Waals surface area contributed by atoms with Gasteiger partial charge in [0, 0.05) is 20.1 Å². The summed E-state index contributed by atoms with van der Waals surface area (Å²) >= 11 is 0. The highest BCUT2D eigenvalue weighted by Crippen LogP contribution is 2.33. The van der Waals surface area contributed by atoms with Crippen LogP contribution in [-0.4, -0.2) is 57.2 Å². The summed E-state index contributed by atoms with van der Waals surface area (Å²) in [6.07, 6.45) is 0.548. The van der Waals surface area contributed by atoms with Gasteiger partial charge in [0.25, 0.3) is 5.91 Å². The maximum absolute atomic E-state index is 12.2. The lowest BCUT2D eigenvalue weighted by molar-refractivity contribution is -0.133. The van der Waals surface area contributed by atoms with Crippen molar-refractivity contribution in [2.24, 2.45) is 0 Å². The first-order valence-corrected chi connectivity index (χ1v) is 9.25. The Hall–Kier alpha value is -1.80. The fraction of sp³-hybridized carbons (Fsp3) is 0.533. The van der Waals surface area contributed by atoms with Crippen LogP contribution in [0.4, 0.5) is 0 Å². The first-order valence-electron chi connectivity index (χ1n) is 7.40. The monoisotopic (exact) mass is 342 g/mol. The summed E-state index contributed by atoms with van der Waals surface area (Å²) in [5.74, 6) is 0.899. The highest BCUT2D eigenvalue weighted by molar-refractivity contribution is 7.88. The van der Waals surface area contributed by atoms with Gasteiger partial charge >= 0.3 is 0 Å². The molecule has 0 bridgehead atoms. The molecule has 2 rings (SSSR count). The molecule has 0 fully saturated rings. The van der Waals surface area contributed by atoms with Crippen molar-refractivity contribution in [1.82, 2.24) is 9.62 Å². The van der Waals surface area contributed by atoms with E-state index in [4.69, 9.17) is 9.47 Å². The number of carbonyl (C=O) groups excluding carboxylic acids is 1. The molecule has 1 aromatic carbocycles. The summed E-state index contributed by atoms with van der Waals surface area (Å²) in [5, 5.41) is 2.75. The van der Waals surface area contributed by atoms with E-state index in [0.29, 0.717) is 31.0 Å². The number of nitrogens with zero attached hydrogens (tertiary/aromatic N) is 1. The van der Waals surface area contributed by atoms with Gasteiger partial charge in [0.2, 0.25) is 16.1 Å². The van der Waals surface area contributed by atoms with Gasteiger partial charge in [-0.1, -0.05) is 12.1 Å². The Bertz CT molecular complexity index is 662. The number of benzene rings is 1. The number of rotatable bonds is 6. The van der Waals surface area contributed by atoms with E-state index < -0.39 is 22.2 Å². The summed E-state index contributed by atoms with van der Waals surface area (Å²) in [5.41, 5.74) is 0. The standard InChI is InChI=1S/C15H22N2O5S/c1-11-14(22-13-8-5-4-7-12(13)21-11)15(18)16-9-6-10-17(2)23(3,19)20/h4-5,7-8,11,14H,6,9-10H2,1-3H3,(H,16,18)/t11-,14+/m1/s1. The van der Waals surface area contributed by atoms with Crippen molar-refractivity contribution in [3.05, 3.63) is 24.3 Å². The van der Waals surface area contributed by atoms with Crippen molar-refractivity contribution in [3.63, 3.8) is 0 Å². The van der Waals surface area contributed by atoms with Gasteiger partial charge in [0.1, 0.15) is 6.10 Å². The van der Waals surface area contributed by atoms with Gasteiger partial charge in [0.15, 0.2) is 11.5 Å².